The zero-order valence-electron chi connectivity index (χ0n) is 20.2. The van der Waals surface area contributed by atoms with Crippen molar-refractivity contribution in [3.8, 4) is 11.3 Å². The quantitative estimate of drug-likeness (QED) is 0.277. The summed E-state index contributed by atoms with van der Waals surface area (Å²) < 4.78 is 6.34. The third kappa shape index (κ3) is 4.65. The molecule has 2 N–H and O–H groups in total. The van der Waals surface area contributed by atoms with Crippen molar-refractivity contribution in [3.05, 3.63) is 125 Å². The van der Waals surface area contributed by atoms with Gasteiger partial charge in [0.15, 0.2) is 0 Å². The third-order valence-corrected chi connectivity index (χ3v) is 7.05. The van der Waals surface area contributed by atoms with Crippen molar-refractivity contribution in [1.29, 1.82) is 0 Å². The number of amides is 1. The van der Waals surface area contributed by atoms with Gasteiger partial charge in [-0.25, -0.2) is 9.78 Å². The van der Waals surface area contributed by atoms with Gasteiger partial charge in [-0.3, -0.25) is 9.20 Å². The number of nitrogens with one attached hydrogen (secondary N) is 1. The van der Waals surface area contributed by atoms with Gasteiger partial charge in [-0.15, -0.1) is 0 Å². The molecule has 0 unspecified atom stereocenters. The molecule has 3 heterocycles. The van der Waals surface area contributed by atoms with Gasteiger partial charge in [0.25, 0.3) is 5.91 Å². The van der Waals surface area contributed by atoms with Gasteiger partial charge in [0, 0.05) is 23.9 Å². The molecule has 0 aliphatic rings. The monoisotopic (exact) mass is 518 g/mol. The Bertz CT molecular complexity index is 1790. The average molecular weight is 519 g/mol. The average Bonchev–Trinajstić information content (AvgIpc) is 3.62. The molecule has 8 heteroatoms. The Labute approximate surface area is 222 Å². The summed E-state index contributed by atoms with van der Waals surface area (Å²) in [4.78, 5) is 29.4. The fraction of sp³-hybridized carbons (Fsp3) is 0.0667. The van der Waals surface area contributed by atoms with Crippen LogP contribution in [-0.2, 0) is 13.0 Å². The van der Waals surface area contributed by atoms with Crippen molar-refractivity contribution >= 4 is 39.7 Å². The predicted molar refractivity (Wildman–Crippen MR) is 148 cm³/mol. The first-order valence-corrected chi connectivity index (χ1v) is 12.9. The molecule has 0 saturated heterocycles. The van der Waals surface area contributed by atoms with Crippen LogP contribution in [0, 0.1) is 0 Å². The van der Waals surface area contributed by atoms with Crippen LogP contribution >= 0.6 is 11.5 Å². The first-order chi connectivity index (χ1) is 18.5. The van der Waals surface area contributed by atoms with E-state index < -0.39 is 5.97 Å². The normalized spacial score (nSPS) is 11.2. The zero-order valence-corrected chi connectivity index (χ0v) is 21.0. The van der Waals surface area contributed by atoms with Crippen LogP contribution in [0.2, 0.25) is 0 Å². The van der Waals surface area contributed by atoms with Gasteiger partial charge in [-0.2, -0.15) is 4.37 Å². The zero-order chi connectivity index (χ0) is 26.1. The van der Waals surface area contributed by atoms with Gasteiger partial charge in [0.1, 0.15) is 11.5 Å². The minimum atomic E-state index is -0.985. The number of hydrogen-bond donors (Lipinski definition) is 2. The SMILES string of the molecule is O=C(O)c1ccc(CNC(=O)c2cc(-c3ccsn3)cc3cnc(Cc4ccc5ccccc5c4)n23)cc1. The summed E-state index contributed by atoms with van der Waals surface area (Å²) in [5.74, 6) is -0.482. The van der Waals surface area contributed by atoms with E-state index in [1.54, 1.807) is 18.3 Å². The molecule has 3 aromatic heterocycles. The molecule has 0 aliphatic heterocycles. The molecule has 0 radical (unpaired) electrons. The largest absolute Gasteiger partial charge is 0.478 e. The number of carboxylic acid groups (broad SMARTS) is 1. The molecule has 0 saturated carbocycles. The van der Waals surface area contributed by atoms with E-state index in [4.69, 9.17) is 10.1 Å². The van der Waals surface area contributed by atoms with E-state index >= 15 is 0 Å². The molecule has 186 valence electrons. The number of carbonyl (C=O) groups excluding carboxylic acids is 1. The minimum Gasteiger partial charge on any atom is -0.478 e. The molecule has 0 fully saturated rings. The van der Waals surface area contributed by atoms with Gasteiger partial charge in [0.05, 0.1) is 23.0 Å². The molecule has 6 rings (SSSR count). The molecule has 1 amide bonds. The Morgan fingerprint density at radius 3 is 2.45 bits per heavy atom. The van der Waals surface area contributed by atoms with Crippen LogP contribution in [0.4, 0.5) is 0 Å². The van der Waals surface area contributed by atoms with Crippen molar-refractivity contribution in [2.45, 2.75) is 13.0 Å². The van der Waals surface area contributed by atoms with Crippen molar-refractivity contribution < 1.29 is 14.7 Å². The van der Waals surface area contributed by atoms with Crippen LogP contribution in [0.15, 0.2) is 96.5 Å². The maximum atomic E-state index is 13.5. The first-order valence-electron chi connectivity index (χ1n) is 12.0. The summed E-state index contributed by atoms with van der Waals surface area (Å²) in [6.45, 7) is 0.260. The second-order valence-corrected chi connectivity index (χ2v) is 9.66. The number of aromatic carboxylic acids is 1. The van der Waals surface area contributed by atoms with Crippen LogP contribution < -0.4 is 5.32 Å². The van der Waals surface area contributed by atoms with E-state index in [1.807, 2.05) is 40.1 Å². The van der Waals surface area contributed by atoms with Crippen LogP contribution in [0.3, 0.4) is 0 Å². The van der Waals surface area contributed by atoms with Gasteiger partial charge >= 0.3 is 5.97 Å². The first kappa shape index (κ1) is 23.6. The number of aromatic nitrogens is 3. The number of hydrogen-bond acceptors (Lipinski definition) is 5. The maximum Gasteiger partial charge on any atom is 0.335 e. The van der Waals surface area contributed by atoms with E-state index in [1.165, 1.54) is 29.1 Å². The number of rotatable bonds is 7. The second-order valence-electron chi connectivity index (χ2n) is 8.99. The summed E-state index contributed by atoms with van der Waals surface area (Å²) in [5.41, 5.74) is 5.01. The summed E-state index contributed by atoms with van der Waals surface area (Å²) in [5, 5.41) is 16.3. The number of carboxylic acids is 1. The lowest BCUT2D eigenvalue weighted by Gasteiger charge is -2.12. The highest BCUT2D eigenvalue weighted by molar-refractivity contribution is 7.03. The molecular weight excluding hydrogens is 496 g/mol. The van der Waals surface area contributed by atoms with Crippen LogP contribution in [0.1, 0.15) is 37.8 Å². The number of carbonyl (C=O) groups is 2. The lowest BCUT2D eigenvalue weighted by atomic mass is 10.0. The van der Waals surface area contributed by atoms with Crippen LogP contribution in [0.25, 0.3) is 27.5 Å². The summed E-state index contributed by atoms with van der Waals surface area (Å²) in [7, 11) is 0. The number of nitrogens with zero attached hydrogens (tertiary/aromatic N) is 3. The Hall–Kier alpha value is -4.82. The minimum absolute atomic E-state index is 0.203. The van der Waals surface area contributed by atoms with Gasteiger partial charge in [-0.1, -0.05) is 54.6 Å². The molecule has 7 nitrogen and oxygen atoms in total. The van der Waals surface area contributed by atoms with E-state index in [-0.39, 0.29) is 18.0 Å². The molecule has 3 aromatic carbocycles. The van der Waals surface area contributed by atoms with Gasteiger partial charge < -0.3 is 10.4 Å². The molecule has 38 heavy (non-hydrogen) atoms. The highest BCUT2D eigenvalue weighted by atomic mass is 32.1. The molecule has 6 aromatic rings. The van der Waals surface area contributed by atoms with Crippen molar-refractivity contribution in [2.75, 3.05) is 0 Å². The second kappa shape index (κ2) is 9.91. The number of pyridine rings is 1. The van der Waals surface area contributed by atoms with Gasteiger partial charge in [-0.05, 0) is 63.8 Å². The summed E-state index contributed by atoms with van der Waals surface area (Å²) in [6.07, 6.45) is 2.35. The molecule has 0 spiro atoms. The molecule has 0 bridgehead atoms. The van der Waals surface area contributed by atoms with Crippen molar-refractivity contribution in [1.82, 2.24) is 19.1 Å². The maximum absolute atomic E-state index is 13.5. The Kier molecular flexibility index (Phi) is 6.15. The number of fused-ring (bicyclic) bond motifs is 2. The lowest BCUT2D eigenvalue weighted by Crippen LogP contribution is -2.25. The molecule has 0 atom stereocenters. The van der Waals surface area contributed by atoms with E-state index in [0.29, 0.717) is 12.1 Å². The van der Waals surface area contributed by atoms with E-state index in [9.17, 15) is 9.59 Å². The number of imidazole rings is 1. The number of benzene rings is 3. The standard InChI is InChI=1S/C30H22N4O3S/c35-29(32-17-19-5-9-22(10-6-19)30(36)37)27-16-24(26-11-12-38-33-26)15-25-18-31-28(34(25)27)14-20-7-8-21-3-1-2-4-23(21)13-20/h1-13,15-16,18H,14,17H2,(H,32,35)(H,36,37). The van der Waals surface area contributed by atoms with Crippen LogP contribution in [0.5, 0.6) is 0 Å². The Morgan fingerprint density at radius 1 is 0.895 bits per heavy atom. The van der Waals surface area contributed by atoms with Crippen molar-refractivity contribution in [3.63, 3.8) is 0 Å². The van der Waals surface area contributed by atoms with E-state index in [2.05, 4.69) is 40.0 Å². The lowest BCUT2D eigenvalue weighted by molar-refractivity contribution is 0.0696. The third-order valence-electron chi connectivity index (χ3n) is 6.49. The predicted octanol–water partition coefficient (Wildman–Crippen LogP) is 5.83. The molecular formula is C30H22N4O3S. The van der Waals surface area contributed by atoms with E-state index in [0.717, 1.165) is 39.1 Å². The summed E-state index contributed by atoms with van der Waals surface area (Å²) in [6, 6.07) is 26.8. The van der Waals surface area contributed by atoms with Crippen LogP contribution in [-0.4, -0.2) is 30.7 Å². The smallest absolute Gasteiger partial charge is 0.335 e. The topological polar surface area (TPSA) is 96.6 Å². The fourth-order valence-electron chi connectivity index (χ4n) is 4.57. The highest BCUT2D eigenvalue weighted by Crippen LogP contribution is 2.25. The fourth-order valence-corrected chi connectivity index (χ4v) is 5.10. The summed E-state index contributed by atoms with van der Waals surface area (Å²) >= 11 is 1.36. The Morgan fingerprint density at radius 2 is 1.68 bits per heavy atom. The Balaban J connectivity index is 1.35. The van der Waals surface area contributed by atoms with Gasteiger partial charge in [0.2, 0.25) is 0 Å². The molecule has 0 aliphatic carbocycles. The van der Waals surface area contributed by atoms with Crippen molar-refractivity contribution in [2.24, 2.45) is 0 Å². The highest BCUT2D eigenvalue weighted by Gasteiger charge is 2.18.